The number of carbonyl (C=O) groups excluding carboxylic acids is 2. The molecule has 0 unspecified atom stereocenters. The molecule has 0 saturated heterocycles. The SMILES string of the molecule is COC(=O)c1cccc2oc(C=O)nc12. The molecule has 0 bridgehead atoms. The maximum absolute atomic E-state index is 11.3. The van der Waals surface area contributed by atoms with Gasteiger partial charge in [-0.05, 0) is 12.1 Å². The first-order valence-electron chi connectivity index (χ1n) is 4.19. The summed E-state index contributed by atoms with van der Waals surface area (Å²) in [5, 5.41) is 0. The van der Waals surface area contributed by atoms with E-state index in [2.05, 4.69) is 9.72 Å². The van der Waals surface area contributed by atoms with Crippen molar-refractivity contribution >= 4 is 23.4 Å². The average Bonchev–Trinajstić information content (AvgIpc) is 2.70. The summed E-state index contributed by atoms with van der Waals surface area (Å²) in [7, 11) is 1.28. The predicted octanol–water partition coefficient (Wildman–Crippen LogP) is 1.43. The van der Waals surface area contributed by atoms with E-state index in [9.17, 15) is 9.59 Å². The van der Waals surface area contributed by atoms with E-state index in [1.54, 1.807) is 18.2 Å². The van der Waals surface area contributed by atoms with Crippen molar-refractivity contribution in [2.75, 3.05) is 7.11 Å². The molecule has 0 aliphatic heterocycles. The Morgan fingerprint density at radius 1 is 1.53 bits per heavy atom. The number of fused-ring (bicyclic) bond motifs is 1. The van der Waals surface area contributed by atoms with Crippen LogP contribution >= 0.6 is 0 Å². The summed E-state index contributed by atoms with van der Waals surface area (Å²) in [5.74, 6) is -0.562. The van der Waals surface area contributed by atoms with Crippen LogP contribution in [0.2, 0.25) is 0 Å². The molecule has 0 spiro atoms. The summed E-state index contributed by atoms with van der Waals surface area (Å²) in [4.78, 5) is 25.7. The number of aldehydes is 1. The molecule has 1 aromatic carbocycles. The van der Waals surface area contributed by atoms with Gasteiger partial charge >= 0.3 is 5.97 Å². The number of aromatic nitrogens is 1. The molecule has 0 radical (unpaired) electrons. The smallest absolute Gasteiger partial charge is 0.340 e. The fourth-order valence-electron chi connectivity index (χ4n) is 1.29. The van der Waals surface area contributed by atoms with Gasteiger partial charge in [0.15, 0.2) is 5.58 Å². The third-order valence-corrected chi connectivity index (χ3v) is 1.94. The number of methoxy groups -OCH3 is 1. The maximum Gasteiger partial charge on any atom is 0.340 e. The van der Waals surface area contributed by atoms with Crippen LogP contribution in [0.1, 0.15) is 21.0 Å². The van der Waals surface area contributed by atoms with E-state index in [4.69, 9.17) is 4.42 Å². The Kier molecular flexibility index (Phi) is 2.21. The number of nitrogens with zero attached hydrogens (tertiary/aromatic N) is 1. The minimum atomic E-state index is -0.508. The van der Waals surface area contributed by atoms with Gasteiger partial charge in [-0.15, -0.1) is 0 Å². The van der Waals surface area contributed by atoms with Crippen LogP contribution in [0.5, 0.6) is 0 Å². The summed E-state index contributed by atoms with van der Waals surface area (Å²) in [6.07, 6.45) is 0.487. The lowest BCUT2D eigenvalue weighted by Gasteiger charge is -1.97. The van der Waals surface area contributed by atoms with Crippen LogP contribution in [0, 0.1) is 0 Å². The zero-order valence-corrected chi connectivity index (χ0v) is 7.89. The minimum Gasteiger partial charge on any atom is -0.465 e. The predicted molar refractivity (Wildman–Crippen MR) is 50.7 cm³/mol. The van der Waals surface area contributed by atoms with Crippen LogP contribution in [0.25, 0.3) is 11.1 Å². The first-order valence-corrected chi connectivity index (χ1v) is 4.19. The Balaban J connectivity index is 2.69. The third-order valence-electron chi connectivity index (χ3n) is 1.94. The van der Waals surface area contributed by atoms with Crippen molar-refractivity contribution in [3.8, 4) is 0 Å². The Hall–Kier alpha value is -2.17. The molecular weight excluding hydrogens is 198 g/mol. The molecule has 5 heteroatoms. The highest BCUT2D eigenvalue weighted by Gasteiger charge is 2.14. The number of hydrogen-bond acceptors (Lipinski definition) is 5. The van der Waals surface area contributed by atoms with E-state index in [-0.39, 0.29) is 11.5 Å². The van der Waals surface area contributed by atoms with E-state index < -0.39 is 5.97 Å². The zero-order chi connectivity index (χ0) is 10.8. The van der Waals surface area contributed by atoms with Gasteiger partial charge in [0.05, 0.1) is 12.7 Å². The van der Waals surface area contributed by atoms with Crippen LogP contribution in [-0.4, -0.2) is 24.3 Å². The normalized spacial score (nSPS) is 10.2. The molecule has 2 rings (SSSR count). The van der Waals surface area contributed by atoms with E-state index >= 15 is 0 Å². The van der Waals surface area contributed by atoms with Gasteiger partial charge < -0.3 is 9.15 Å². The lowest BCUT2D eigenvalue weighted by molar-refractivity contribution is 0.0602. The largest absolute Gasteiger partial charge is 0.465 e. The van der Waals surface area contributed by atoms with Gasteiger partial charge in [0.25, 0.3) is 5.89 Å². The summed E-state index contributed by atoms with van der Waals surface area (Å²) in [6.45, 7) is 0. The number of carbonyl (C=O) groups is 2. The fourth-order valence-corrected chi connectivity index (χ4v) is 1.29. The minimum absolute atomic E-state index is 0.0543. The Morgan fingerprint density at radius 3 is 3.00 bits per heavy atom. The van der Waals surface area contributed by atoms with Crippen molar-refractivity contribution in [1.29, 1.82) is 0 Å². The molecule has 1 heterocycles. The lowest BCUT2D eigenvalue weighted by atomic mass is 10.2. The van der Waals surface area contributed by atoms with Crippen molar-refractivity contribution < 1.29 is 18.7 Å². The van der Waals surface area contributed by atoms with Gasteiger partial charge in [0, 0.05) is 0 Å². The summed E-state index contributed by atoms with van der Waals surface area (Å²) >= 11 is 0. The molecule has 1 aromatic heterocycles. The number of esters is 1. The number of hydrogen-bond donors (Lipinski definition) is 0. The topological polar surface area (TPSA) is 69.4 Å². The van der Waals surface area contributed by atoms with Crippen LogP contribution in [0.4, 0.5) is 0 Å². The van der Waals surface area contributed by atoms with Crippen molar-refractivity contribution in [2.45, 2.75) is 0 Å². The maximum atomic E-state index is 11.3. The first-order chi connectivity index (χ1) is 7.26. The van der Waals surface area contributed by atoms with Gasteiger partial charge in [-0.1, -0.05) is 6.07 Å². The molecular formula is C10H7NO4. The van der Waals surface area contributed by atoms with Gasteiger partial charge in [-0.25, -0.2) is 9.78 Å². The second kappa shape index (κ2) is 3.53. The lowest BCUT2D eigenvalue weighted by Crippen LogP contribution is -2.01. The second-order valence-corrected chi connectivity index (χ2v) is 2.81. The zero-order valence-electron chi connectivity index (χ0n) is 7.89. The number of ether oxygens (including phenoxy) is 1. The molecule has 76 valence electrons. The van der Waals surface area contributed by atoms with Crippen molar-refractivity contribution in [3.05, 3.63) is 29.7 Å². The number of para-hydroxylation sites is 1. The fraction of sp³-hybridized carbons (Fsp3) is 0.100. The van der Waals surface area contributed by atoms with Gasteiger partial charge in [0.1, 0.15) is 5.52 Å². The van der Waals surface area contributed by atoms with Crippen molar-refractivity contribution in [3.63, 3.8) is 0 Å². The molecule has 0 aliphatic rings. The Morgan fingerprint density at radius 2 is 2.33 bits per heavy atom. The third kappa shape index (κ3) is 1.48. The summed E-state index contributed by atoms with van der Waals surface area (Å²) < 4.78 is 9.64. The highest BCUT2D eigenvalue weighted by Crippen LogP contribution is 2.19. The molecule has 0 N–H and O–H groups in total. The van der Waals surface area contributed by atoms with Crippen LogP contribution in [0.3, 0.4) is 0 Å². The van der Waals surface area contributed by atoms with E-state index in [0.29, 0.717) is 17.4 Å². The highest BCUT2D eigenvalue weighted by atomic mass is 16.5. The molecule has 0 aliphatic carbocycles. The van der Waals surface area contributed by atoms with E-state index in [1.807, 2.05) is 0 Å². The molecule has 2 aromatic rings. The molecule has 5 nitrogen and oxygen atoms in total. The summed E-state index contributed by atoms with van der Waals surface area (Å²) in [5.41, 5.74) is 1.01. The van der Waals surface area contributed by atoms with Gasteiger partial charge in [-0.2, -0.15) is 0 Å². The molecule has 15 heavy (non-hydrogen) atoms. The number of benzene rings is 1. The van der Waals surface area contributed by atoms with Gasteiger partial charge in [-0.3, -0.25) is 4.79 Å². The highest BCUT2D eigenvalue weighted by molar-refractivity contribution is 6.01. The molecule has 0 fully saturated rings. The molecule has 0 atom stereocenters. The number of oxazole rings is 1. The van der Waals surface area contributed by atoms with Crippen LogP contribution in [0.15, 0.2) is 22.6 Å². The number of rotatable bonds is 2. The van der Waals surface area contributed by atoms with E-state index in [0.717, 1.165) is 0 Å². The first kappa shape index (κ1) is 9.39. The van der Waals surface area contributed by atoms with Crippen LogP contribution in [-0.2, 0) is 4.74 Å². The van der Waals surface area contributed by atoms with Gasteiger partial charge in [0.2, 0.25) is 6.29 Å². The monoisotopic (exact) mass is 205 g/mol. The van der Waals surface area contributed by atoms with E-state index in [1.165, 1.54) is 7.11 Å². The quantitative estimate of drug-likeness (QED) is 0.547. The summed E-state index contributed by atoms with van der Waals surface area (Å²) in [6, 6.07) is 4.82. The molecule has 0 amide bonds. The van der Waals surface area contributed by atoms with Crippen molar-refractivity contribution in [1.82, 2.24) is 4.98 Å². The van der Waals surface area contributed by atoms with Crippen LogP contribution < -0.4 is 0 Å². The second-order valence-electron chi connectivity index (χ2n) is 2.81. The average molecular weight is 205 g/mol. The molecule has 0 saturated carbocycles. The Labute approximate surface area is 84.7 Å². The van der Waals surface area contributed by atoms with Crippen molar-refractivity contribution in [2.24, 2.45) is 0 Å². The Bertz CT molecular complexity index is 529. The standard InChI is InChI=1S/C10H7NO4/c1-14-10(13)6-3-2-4-7-9(6)11-8(5-12)15-7/h2-5H,1H3.